The molecular weight excluding hydrogens is 547 g/mol. The summed E-state index contributed by atoms with van der Waals surface area (Å²) in [6, 6.07) is 0. The fourth-order valence-corrected chi connectivity index (χ4v) is 7.12. The zero-order valence-corrected chi connectivity index (χ0v) is 23.1. The van der Waals surface area contributed by atoms with E-state index in [1.807, 2.05) is 28.4 Å². The van der Waals surface area contributed by atoms with Crippen LogP contribution in [0.15, 0.2) is 21.5 Å². The topological polar surface area (TPSA) is 101 Å². The summed E-state index contributed by atoms with van der Waals surface area (Å²) in [6.07, 6.45) is 6.74. The molecule has 4 unspecified atom stereocenters. The van der Waals surface area contributed by atoms with Gasteiger partial charge in [0.2, 0.25) is 0 Å². The van der Waals surface area contributed by atoms with Crippen LogP contribution in [0.3, 0.4) is 0 Å². The normalized spacial score (nSPS) is 20.2. The van der Waals surface area contributed by atoms with E-state index in [0.717, 1.165) is 61.5 Å². The minimum absolute atomic E-state index is 0. The zero-order chi connectivity index (χ0) is 25.4. The summed E-state index contributed by atoms with van der Waals surface area (Å²) in [5.41, 5.74) is 0. The zero-order valence-electron chi connectivity index (χ0n) is 20.6. The molecule has 0 amide bonds. The second-order valence-corrected chi connectivity index (χ2v) is 12.7. The fourth-order valence-electron chi connectivity index (χ4n) is 4.59. The number of fused-ring (bicyclic) bond motifs is 2. The maximum atomic E-state index is 12.0. The minimum atomic E-state index is -4.11. The number of hydrogen-bond acceptors (Lipinski definition) is 9. The first-order valence-corrected chi connectivity index (χ1v) is 16.0. The molecule has 2 aliphatic rings. The summed E-state index contributed by atoms with van der Waals surface area (Å²) in [4.78, 5) is 0. The van der Waals surface area contributed by atoms with Gasteiger partial charge < -0.3 is 23.7 Å². The number of ether oxygens (including phenoxy) is 5. The summed E-state index contributed by atoms with van der Waals surface area (Å²) in [5, 5.41) is 6.97. The fraction of sp³-hybridized carbons (Fsp3) is 0.680. The molecule has 1 N–H and O–H groups in total. The van der Waals surface area contributed by atoms with Gasteiger partial charge in [-0.1, -0.05) is 32.6 Å². The molecule has 4 atom stereocenters. The van der Waals surface area contributed by atoms with Crippen LogP contribution in [0.25, 0.3) is 0 Å². The Balaban J connectivity index is 0.00000380. The van der Waals surface area contributed by atoms with Crippen molar-refractivity contribution in [3.05, 3.63) is 21.5 Å². The summed E-state index contributed by atoms with van der Waals surface area (Å²) in [7, 11) is -4.11. The molecule has 4 rings (SSSR count). The van der Waals surface area contributed by atoms with Crippen LogP contribution >= 0.6 is 22.7 Å². The Morgan fingerprint density at radius 2 is 1.46 bits per heavy atom. The van der Waals surface area contributed by atoms with Crippen molar-refractivity contribution < 1.29 is 36.7 Å². The van der Waals surface area contributed by atoms with E-state index in [1.54, 1.807) is 11.3 Å². The molecule has 0 radical (unpaired) electrons. The van der Waals surface area contributed by atoms with E-state index in [-0.39, 0.29) is 47.7 Å². The van der Waals surface area contributed by atoms with Crippen molar-refractivity contribution in [1.29, 1.82) is 0 Å². The predicted molar refractivity (Wildman–Crippen MR) is 148 cm³/mol. The average molecular weight is 585 g/mol. The molecule has 0 spiro atoms. The van der Waals surface area contributed by atoms with Crippen molar-refractivity contribution in [2.24, 2.45) is 5.92 Å². The van der Waals surface area contributed by atoms with Gasteiger partial charge >= 0.3 is 29.6 Å². The summed E-state index contributed by atoms with van der Waals surface area (Å²) in [6.45, 7) is 3.68. The number of thiophene rings is 2. The molecule has 0 bridgehead atoms. The Morgan fingerprint density at radius 1 is 0.892 bits per heavy atom. The molecule has 2 aliphatic heterocycles. The SMILES string of the molecule is CC(CCOCC1COc2cscc2O1)C(CCCCCCCC1COc2cscc2O1)S(=O)(=O)O.[NaH]. The second-order valence-electron chi connectivity index (χ2n) is 9.54. The molecule has 0 fully saturated rings. The van der Waals surface area contributed by atoms with Crippen molar-refractivity contribution in [2.75, 3.05) is 26.4 Å². The van der Waals surface area contributed by atoms with Gasteiger partial charge in [-0.3, -0.25) is 4.55 Å². The quantitative estimate of drug-likeness (QED) is 0.174. The van der Waals surface area contributed by atoms with Crippen LogP contribution in [-0.2, 0) is 14.9 Å². The van der Waals surface area contributed by atoms with E-state index in [1.165, 1.54) is 11.3 Å². The molecule has 0 saturated heterocycles. The van der Waals surface area contributed by atoms with E-state index >= 15 is 0 Å². The maximum absolute atomic E-state index is 12.0. The summed E-state index contributed by atoms with van der Waals surface area (Å²) in [5.74, 6) is 3.01. The van der Waals surface area contributed by atoms with Crippen molar-refractivity contribution in [1.82, 2.24) is 0 Å². The van der Waals surface area contributed by atoms with Crippen molar-refractivity contribution >= 4 is 62.3 Å². The first-order chi connectivity index (χ1) is 17.4. The van der Waals surface area contributed by atoms with Gasteiger partial charge in [0.05, 0.1) is 11.9 Å². The second kappa shape index (κ2) is 15.3. The molecule has 37 heavy (non-hydrogen) atoms. The van der Waals surface area contributed by atoms with Gasteiger partial charge in [-0.2, -0.15) is 8.42 Å². The molecule has 204 valence electrons. The third-order valence-corrected chi connectivity index (χ3v) is 9.54. The van der Waals surface area contributed by atoms with Gasteiger partial charge in [0, 0.05) is 28.1 Å². The van der Waals surface area contributed by atoms with E-state index in [2.05, 4.69) is 0 Å². The summed E-state index contributed by atoms with van der Waals surface area (Å²) >= 11 is 3.11. The molecule has 0 saturated carbocycles. The molecule has 2 aromatic heterocycles. The Hall–Kier alpha value is -0.530. The molecule has 4 heterocycles. The van der Waals surface area contributed by atoms with Gasteiger partial charge in [0.25, 0.3) is 10.1 Å². The summed E-state index contributed by atoms with van der Waals surface area (Å²) < 4.78 is 62.7. The van der Waals surface area contributed by atoms with Gasteiger partial charge in [-0.15, -0.1) is 22.7 Å². The van der Waals surface area contributed by atoms with Crippen molar-refractivity contribution in [3.8, 4) is 23.0 Å². The monoisotopic (exact) mass is 584 g/mol. The average Bonchev–Trinajstić information content (AvgIpc) is 3.51. The predicted octanol–water partition coefficient (Wildman–Crippen LogP) is 5.17. The molecule has 12 heteroatoms. The van der Waals surface area contributed by atoms with Gasteiger partial charge in [0.1, 0.15) is 19.3 Å². The third-order valence-electron chi connectivity index (χ3n) is 6.68. The Morgan fingerprint density at radius 3 is 2.14 bits per heavy atom. The first-order valence-electron chi connectivity index (χ1n) is 12.7. The number of unbranched alkanes of at least 4 members (excludes halogenated alkanes) is 4. The van der Waals surface area contributed by atoms with Crippen LogP contribution in [0.5, 0.6) is 23.0 Å². The Labute approximate surface area is 250 Å². The number of rotatable bonds is 15. The number of hydrogen-bond donors (Lipinski definition) is 1. The van der Waals surface area contributed by atoms with Crippen LogP contribution in [0, 0.1) is 5.92 Å². The standard InChI is InChI=1S/C25H36O8S3.Na.H/c1-18(9-10-29-11-20-13-31-22-15-35-17-24(22)33-20)25(36(26,27)28)8-6-4-2-3-5-7-19-12-30-21-14-34-16-23(21)32-19;;/h14-20,25H,2-13H2,1H3,(H,26,27,28);;. The van der Waals surface area contributed by atoms with E-state index in [4.69, 9.17) is 23.7 Å². The van der Waals surface area contributed by atoms with Crippen LogP contribution in [0.2, 0.25) is 0 Å². The van der Waals surface area contributed by atoms with Crippen molar-refractivity contribution in [3.63, 3.8) is 0 Å². The molecule has 8 nitrogen and oxygen atoms in total. The molecule has 0 aliphatic carbocycles. The molecule has 2 aromatic rings. The van der Waals surface area contributed by atoms with E-state index in [9.17, 15) is 13.0 Å². The first kappa shape index (κ1) is 31.0. The van der Waals surface area contributed by atoms with E-state index in [0.29, 0.717) is 39.3 Å². The van der Waals surface area contributed by atoms with Gasteiger partial charge in [-0.25, -0.2) is 0 Å². The van der Waals surface area contributed by atoms with Gasteiger partial charge in [0.15, 0.2) is 29.1 Å². The van der Waals surface area contributed by atoms with Crippen molar-refractivity contribution in [2.45, 2.75) is 75.7 Å². The Bertz CT molecular complexity index is 1040. The van der Waals surface area contributed by atoms with Gasteiger partial charge in [-0.05, 0) is 31.6 Å². The molecule has 0 aromatic carbocycles. The van der Waals surface area contributed by atoms with E-state index < -0.39 is 15.4 Å². The van der Waals surface area contributed by atoms with Crippen LogP contribution in [0.1, 0.15) is 58.3 Å². The van der Waals surface area contributed by atoms with Crippen LogP contribution in [0.4, 0.5) is 0 Å². The Kier molecular flexibility index (Phi) is 12.8. The third kappa shape index (κ3) is 9.56. The van der Waals surface area contributed by atoms with Crippen LogP contribution < -0.4 is 18.9 Å². The molecular formula is C25H37NaO8S3. The van der Waals surface area contributed by atoms with Crippen LogP contribution in [-0.4, -0.2) is 86.4 Å².